The van der Waals surface area contributed by atoms with Crippen LogP contribution in [0.2, 0.25) is 0 Å². The number of nitrogens with zero attached hydrogens (tertiary/aromatic N) is 5. The Morgan fingerprint density at radius 3 is 2.75 bits per heavy atom. The lowest BCUT2D eigenvalue weighted by Crippen LogP contribution is -1.96. The lowest BCUT2D eigenvalue weighted by molar-refractivity contribution is 0.881. The number of hydrogen-bond donors (Lipinski definition) is 1. The SMILES string of the molecule is [c]1nc2ccccc2n1-c1ccccc1-c1nn[nH]n1. The lowest BCUT2D eigenvalue weighted by Gasteiger charge is -2.07. The molecule has 0 atom stereocenters. The van der Waals surface area contributed by atoms with Gasteiger partial charge < -0.3 is 0 Å². The van der Waals surface area contributed by atoms with Gasteiger partial charge in [0, 0.05) is 5.56 Å². The van der Waals surface area contributed by atoms with E-state index >= 15 is 0 Å². The topological polar surface area (TPSA) is 72.3 Å². The third kappa shape index (κ3) is 1.58. The van der Waals surface area contributed by atoms with Gasteiger partial charge in [-0.15, -0.1) is 10.2 Å². The largest absolute Gasteiger partial charge is 0.289 e. The Morgan fingerprint density at radius 2 is 1.85 bits per heavy atom. The van der Waals surface area contributed by atoms with E-state index < -0.39 is 0 Å². The molecule has 2 heterocycles. The molecule has 0 aliphatic heterocycles. The average molecular weight is 261 g/mol. The Kier molecular flexibility index (Phi) is 2.32. The Bertz CT molecular complexity index is 862. The molecule has 0 aliphatic carbocycles. The van der Waals surface area contributed by atoms with Crippen LogP contribution in [-0.4, -0.2) is 30.2 Å². The van der Waals surface area contributed by atoms with Crippen molar-refractivity contribution in [3.8, 4) is 17.1 Å². The van der Waals surface area contributed by atoms with Gasteiger partial charge >= 0.3 is 0 Å². The van der Waals surface area contributed by atoms with Crippen molar-refractivity contribution in [3.63, 3.8) is 0 Å². The van der Waals surface area contributed by atoms with Gasteiger partial charge in [0.25, 0.3) is 0 Å². The van der Waals surface area contributed by atoms with Crippen molar-refractivity contribution in [3.05, 3.63) is 54.9 Å². The molecular weight excluding hydrogens is 252 g/mol. The van der Waals surface area contributed by atoms with Gasteiger partial charge in [-0.25, -0.2) is 4.98 Å². The highest BCUT2D eigenvalue weighted by molar-refractivity contribution is 5.79. The van der Waals surface area contributed by atoms with Crippen molar-refractivity contribution in [1.82, 2.24) is 30.2 Å². The van der Waals surface area contributed by atoms with Crippen LogP contribution in [0.25, 0.3) is 28.1 Å². The summed E-state index contributed by atoms with van der Waals surface area (Å²) in [5.74, 6) is 0.548. The van der Waals surface area contributed by atoms with Crippen LogP contribution >= 0.6 is 0 Å². The van der Waals surface area contributed by atoms with E-state index in [1.165, 1.54) is 0 Å². The first-order valence-electron chi connectivity index (χ1n) is 6.12. The fourth-order valence-corrected chi connectivity index (χ4v) is 2.22. The normalized spacial score (nSPS) is 11.0. The number of benzene rings is 2. The van der Waals surface area contributed by atoms with Crippen LogP contribution in [0, 0.1) is 6.33 Å². The number of imidazole rings is 1. The number of para-hydroxylation sites is 3. The molecule has 4 rings (SSSR count). The van der Waals surface area contributed by atoms with Gasteiger partial charge in [-0.05, 0) is 29.5 Å². The van der Waals surface area contributed by atoms with Gasteiger partial charge in [-0.1, -0.05) is 24.3 Å². The quantitative estimate of drug-likeness (QED) is 0.599. The van der Waals surface area contributed by atoms with Crippen LogP contribution in [0.15, 0.2) is 48.5 Å². The first-order valence-corrected chi connectivity index (χ1v) is 6.12. The number of tetrazole rings is 1. The molecule has 0 bridgehead atoms. The molecule has 6 nitrogen and oxygen atoms in total. The van der Waals surface area contributed by atoms with E-state index in [-0.39, 0.29) is 0 Å². The van der Waals surface area contributed by atoms with E-state index in [2.05, 4.69) is 31.9 Å². The molecule has 0 amide bonds. The summed E-state index contributed by atoms with van der Waals surface area (Å²) in [5.41, 5.74) is 3.68. The third-order valence-corrected chi connectivity index (χ3v) is 3.12. The molecule has 4 aromatic rings. The maximum atomic E-state index is 4.29. The maximum Gasteiger partial charge on any atom is 0.206 e. The molecular formula is C14H9N6. The number of H-pyrrole nitrogens is 1. The minimum absolute atomic E-state index is 0.548. The highest BCUT2D eigenvalue weighted by Gasteiger charge is 2.12. The number of aromatic nitrogens is 6. The van der Waals surface area contributed by atoms with Crippen molar-refractivity contribution in [2.45, 2.75) is 0 Å². The van der Waals surface area contributed by atoms with Gasteiger partial charge in [-0.3, -0.25) is 4.57 Å². The first kappa shape index (κ1) is 10.9. The summed E-state index contributed by atoms with van der Waals surface area (Å²) in [6.07, 6.45) is 3.01. The number of aromatic amines is 1. The Morgan fingerprint density at radius 1 is 1.00 bits per heavy atom. The van der Waals surface area contributed by atoms with E-state index in [0.29, 0.717) is 5.82 Å². The molecule has 95 valence electrons. The van der Waals surface area contributed by atoms with Crippen LogP contribution in [0.5, 0.6) is 0 Å². The molecule has 2 aromatic heterocycles. The zero-order valence-corrected chi connectivity index (χ0v) is 10.4. The fourth-order valence-electron chi connectivity index (χ4n) is 2.22. The fraction of sp³-hybridized carbons (Fsp3) is 0. The number of fused-ring (bicyclic) bond motifs is 1. The second-order valence-electron chi connectivity index (χ2n) is 4.29. The van der Waals surface area contributed by atoms with Gasteiger partial charge in [0.05, 0.1) is 16.7 Å². The molecule has 2 aromatic carbocycles. The Hall–Kier alpha value is -3.02. The van der Waals surface area contributed by atoms with Crippen molar-refractivity contribution < 1.29 is 0 Å². The van der Waals surface area contributed by atoms with Crippen LogP contribution < -0.4 is 0 Å². The van der Waals surface area contributed by atoms with Gasteiger partial charge in [0.15, 0.2) is 6.33 Å². The summed E-state index contributed by atoms with van der Waals surface area (Å²) >= 11 is 0. The maximum absolute atomic E-state index is 4.29. The molecule has 0 saturated heterocycles. The summed E-state index contributed by atoms with van der Waals surface area (Å²) in [5, 5.41) is 14.2. The number of hydrogen-bond acceptors (Lipinski definition) is 4. The van der Waals surface area contributed by atoms with Crippen molar-refractivity contribution >= 4 is 11.0 Å². The van der Waals surface area contributed by atoms with E-state index in [1.54, 1.807) is 0 Å². The molecule has 0 saturated carbocycles. The molecule has 1 N–H and O–H groups in total. The molecule has 1 radical (unpaired) electrons. The van der Waals surface area contributed by atoms with Gasteiger partial charge in [0.1, 0.15) is 0 Å². The molecule has 0 fully saturated rings. The monoisotopic (exact) mass is 261 g/mol. The van der Waals surface area contributed by atoms with E-state index in [9.17, 15) is 0 Å². The van der Waals surface area contributed by atoms with E-state index in [4.69, 9.17) is 0 Å². The third-order valence-electron chi connectivity index (χ3n) is 3.12. The minimum Gasteiger partial charge on any atom is -0.289 e. The second kappa shape index (κ2) is 4.27. The summed E-state index contributed by atoms with van der Waals surface area (Å²) in [4.78, 5) is 4.29. The van der Waals surface area contributed by atoms with Crippen LogP contribution in [-0.2, 0) is 0 Å². The molecule has 6 heteroatoms. The predicted molar refractivity (Wildman–Crippen MR) is 73.1 cm³/mol. The minimum atomic E-state index is 0.548. The zero-order chi connectivity index (χ0) is 13.4. The predicted octanol–water partition coefficient (Wildman–Crippen LogP) is 2.01. The van der Waals surface area contributed by atoms with Crippen molar-refractivity contribution in [1.29, 1.82) is 0 Å². The molecule has 20 heavy (non-hydrogen) atoms. The highest BCUT2D eigenvalue weighted by atomic mass is 15.5. The van der Waals surface area contributed by atoms with E-state index in [1.807, 2.05) is 53.1 Å². The number of rotatable bonds is 2. The summed E-state index contributed by atoms with van der Waals surface area (Å²) in [6, 6.07) is 15.7. The van der Waals surface area contributed by atoms with Crippen molar-refractivity contribution in [2.24, 2.45) is 0 Å². The Balaban J connectivity index is 1.99. The van der Waals surface area contributed by atoms with Crippen molar-refractivity contribution in [2.75, 3.05) is 0 Å². The summed E-state index contributed by atoms with van der Waals surface area (Å²) in [7, 11) is 0. The Labute approximate surface area is 114 Å². The smallest absolute Gasteiger partial charge is 0.206 e. The second-order valence-corrected chi connectivity index (χ2v) is 4.29. The van der Waals surface area contributed by atoms with E-state index in [0.717, 1.165) is 22.3 Å². The first-order chi connectivity index (χ1) is 9.93. The van der Waals surface area contributed by atoms with Gasteiger partial charge in [0.2, 0.25) is 5.82 Å². The summed E-state index contributed by atoms with van der Waals surface area (Å²) < 4.78 is 1.90. The standard InChI is InChI=1S/C14H9N6/c1-3-7-12(10(5-1)14-16-18-19-17-14)20-9-15-11-6-2-4-8-13(11)20/h1-8H,(H,16,17,18,19). The zero-order valence-electron chi connectivity index (χ0n) is 10.4. The van der Waals surface area contributed by atoms with Crippen LogP contribution in [0.4, 0.5) is 0 Å². The van der Waals surface area contributed by atoms with Crippen LogP contribution in [0.3, 0.4) is 0 Å². The van der Waals surface area contributed by atoms with Crippen LogP contribution in [0.1, 0.15) is 0 Å². The molecule has 0 unspecified atom stereocenters. The molecule has 0 aliphatic rings. The number of nitrogens with one attached hydrogen (secondary N) is 1. The lowest BCUT2D eigenvalue weighted by atomic mass is 10.1. The van der Waals surface area contributed by atoms with Gasteiger partial charge in [-0.2, -0.15) is 5.21 Å². The average Bonchev–Trinajstić information content (AvgIpc) is 3.17. The molecule has 0 spiro atoms. The summed E-state index contributed by atoms with van der Waals surface area (Å²) in [6.45, 7) is 0. The highest BCUT2D eigenvalue weighted by Crippen LogP contribution is 2.25.